The van der Waals surface area contributed by atoms with Crippen LogP contribution in [-0.2, 0) is 6.54 Å². The monoisotopic (exact) mass is 336 g/mol. The molecule has 3 rings (SSSR count). The second-order valence-corrected chi connectivity index (χ2v) is 6.17. The maximum atomic E-state index is 10.9. The lowest BCUT2D eigenvalue weighted by Crippen LogP contribution is -2.30. The van der Waals surface area contributed by atoms with Crippen molar-refractivity contribution < 1.29 is 4.92 Å². The van der Waals surface area contributed by atoms with E-state index >= 15 is 0 Å². The molecule has 6 nitrogen and oxygen atoms in total. The molecule has 0 spiro atoms. The summed E-state index contributed by atoms with van der Waals surface area (Å²) >= 11 is 0. The van der Waals surface area contributed by atoms with E-state index in [0.29, 0.717) is 5.56 Å². The Kier molecular flexibility index (Phi) is 5.26. The summed E-state index contributed by atoms with van der Waals surface area (Å²) in [6, 6.07) is 17.0. The summed E-state index contributed by atoms with van der Waals surface area (Å²) in [5.74, 6) is 0. The van der Waals surface area contributed by atoms with Crippen molar-refractivity contribution in [1.29, 1.82) is 5.26 Å². The van der Waals surface area contributed by atoms with E-state index in [9.17, 15) is 15.4 Å². The van der Waals surface area contributed by atoms with Gasteiger partial charge in [0.1, 0.15) is 6.07 Å². The van der Waals surface area contributed by atoms with Gasteiger partial charge in [-0.3, -0.25) is 15.0 Å². The average molecular weight is 336 g/mol. The molecule has 0 bridgehead atoms. The normalized spacial score (nSPS) is 15.4. The van der Waals surface area contributed by atoms with Crippen molar-refractivity contribution in [2.24, 2.45) is 0 Å². The first-order valence-electron chi connectivity index (χ1n) is 8.37. The third kappa shape index (κ3) is 4.14. The smallest absolute Gasteiger partial charge is 0.270 e. The number of hydrogen-bond acceptors (Lipinski definition) is 5. The standard InChI is InChI=1S/C19H20N4O2/c20-14-17-13-18(23(24)25)7-8-19(17)22-10-4-9-21(11-12-22)15-16-5-2-1-3-6-16/h1-3,5-8,13H,4,9-12,15H2. The van der Waals surface area contributed by atoms with E-state index in [4.69, 9.17) is 0 Å². The van der Waals surface area contributed by atoms with Crippen molar-refractivity contribution >= 4 is 11.4 Å². The van der Waals surface area contributed by atoms with Crippen molar-refractivity contribution in [3.05, 3.63) is 69.8 Å². The summed E-state index contributed by atoms with van der Waals surface area (Å²) in [5, 5.41) is 20.3. The third-order valence-electron chi connectivity index (χ3n) is 4.49. The third-order valence-corrected chi connectivity index (χ3v) is 4.49. The van der Waals surface area contributed by atoms with Crippen molar-refractivity contribution in [3.8, 4) is 6.07 Å². The van der Waals surface area contributed by atoms with Crippen LogP contribution in [0, 0.1) is 21.4 Å². The van der Waals surface area contributed by atoms with E-state index in [0.717, 1.165) is 44.8 Å². The fourth-order valence-corrected chi connectivity index (χ4v) is 3.21. The highest BCUT2D eigenvalue weighted by molar-refractivity contribution is 5.63. The zero-order valence-electron chi connectivity index (χ0n) is 14.0. The Bertz CT molecular complexity index is 786. The van der Waals surface area contributed by atoms with Gasteiger partial charge in [0.25, 0.3) is 5.69 Å². The van der Waals surface area contributed by atoms with Gasteiger partial charge in [0.15, 0.2) is 0 Å². The molecule has 1 heterocycles. The number of nitro benzene ring substituents is 1. The molecule has 0 radical (unpaired) electrons. The van der Waals surface area contributed by atoms with E-state index in [1.165, 1.54) is 17.7 Å². The van der Waals surface area contributed by atoms with Gasteiger partial charge in [-0.1, -0.05) is 30.3 Å². The molecule has 1 aliphatic rings. The molecule has 0 atom stereocenters. The predicted octanol–water partition coefficient (Wildman–Crippen LogP) is 3.18. The lowest BCUT2D eigenvalue weighted by atomic mass is 10.1. The van der Waals surface area contributed by atoms with Gasteiger partial charge in [0, 0.05) is 44.9 Å². The van der Waals surface area contributed by atoms with Gasteiger partial charge >= 0.3 is 0 Å². The first-order chi connectivity index (χ1) is 12.2. The van der Waals surface area contributed by atoms with Crippen LogP contribution in [0.25, 0.3) is 0 Å². The molecule has 0 aromatic heterocycles. The fourth-order valence-electron chi connectivity index (χ4n) is 3.21. The summed E-state index contributed by atoms with van der Waals surface area (Å²) in [7, 11) is 0. The Morgan fingerprint density at radius 3 is 2.60 bits per heavy atom. The highest BCUT2D eigenvalue weighted by Gasteiger charge is 2.19. The number of non-ortho nitro benzene ring substituents is 1. The summed E-state index contributed by atoms with van der Waals surface area (Å²) in [5.41, 5.74) is 2.41. The number of benzene rings is 2. The summed E-state index contributed by atoms with van der Waals surface area (Å²) in [6.07, 6.45) is 0.995. The maximum absolute atomic E-state index is 10.9. The summed E-state index contributed by atoms with van der Waals surface area (Å²) in [4.78, 5) is 15.0. The highest BCUT2D eigenvalue weighted by atomic mass is 16.6. The van der Waals surface area contributed by atoms with Crippen molar-refractivity contribution in [3.63, 3.8) is 0 Å². The second-order valence-electron chi connectivity index (χ2n) is 6.17. The van der Waals surface area contributed by atoms with Crippen LogP contribution in [-0.4, -0.2) is 36.0 Å². The first kappa shape index (κ1) is 16.9. The topological polar surface area (TPSA) is 73.4 Å². The molecule has 0 unspecified atom stereocenters. The van der Waals surface area contributed by atoms with Crippen molar-refractivity contribution in [2.75, 3.05) is 31.1 Å². The molecule has 0 N–H and O–H groups in total. The molecule has 1 saturated heterocycles. The predicted molar refractivity (Wildman–Crippen MR) is 96.4 cm³/mol. The minimum Gasteiger partial charge on any atom is -0.369 e. The number of nitriles is 1. The van der Waals surface area contributed by atoms with E-state index in [1.54, 1.807) is 6.07 Å². The van der Waals surface area contributed by atoms with E-state index in [1.807, 2.05) is 6.07 Å². The van der Waals surface area contributed by atoms with Gasteiger partial charge in [-0.15, -0.1) is 0 Å². The van der Waals surface area contributed by atoms with Gasteiger partial charge in [-0.2, -0.15) is 5.26 Å². The average Bonchev–Trinajstić information content (AvgIpc) is 2.87. The Morgan fingerprint density at radius 1 is 1.08 bits per heavy atom. The molecule has 6 heteroatoms. The maximum Gasteiger partial charge on any atom is 0.270 e. The van der Waals surface area contributed by atoms with E-state index in [2.05, 4.69) is 40.1 Å². The van der Waals surface area contributed by atoms with Crippen LogP contribution in [0.15, 0.2) is 48.5 Å². The Hall–Kier alpha value is -2.91. The van der Waals surface area contributed by atoms with Crippen LogP contribution >= 0.6 is 0 Å². The summed E-state index contributed by atoms with van der Waals surface area (Å²) < 4.78 is 0. The molecule has 0 saturated carbocycles. The lowest BCUT2D eigenvalue weighted by molar-refractivity contribution is -0.384. The molecule has 2 aromatic carbocycles. The van der Waals surface area contributed by atoms with Crippen molar-refractivity contribution in [1.82, 2.24) is 4.90 Å². The second kappa shape index (κ2) is 7.77. The van der Waals surface area contributed by atoms with Crippen LogP contribution in [0.5, 0.6) is 0 Å². The fraction of sp³-hybridized carbons (Fsp3) is 0.316. The largest absolute Gasteiger partial charge is 0.369 e. The van der Waals surface area contributed by atoms with Gasteiger partial charge in [-0.05, 0) is 18.1 Å². The minimum absolute atomic E-state index is 0.0409. The SMILES string of the molecule is N#Cc1cc([N+](=O)[O-])ccc1N1CCCN(Cc2ccccc2)CC1. The van der Waals surface area contributed by atoms with Crippen LogP contribution in [0.4, 0.5) is 11.4 Å². The number of nitro groups is 1. The van der Waals surface area contributed by atoms with Crippen LogP contribution < -0.4 is 4.90 Å². The van der Waals surface area contributed by atoms with Gasteiger partial charge in [-0.25, -0.2) is 0 Å². The quantitative estimate of drug-likeness (QED) is 0.633. The summed E-state index contributed by atoms with van der Waals surface area (Å²) in [6.45, 7) is 4.47. The molecule has 2 aromatic rings. The lowest BCUT2D eigenvalue weighted by Gasteiger charge is -2.24. The molecular weight excluding hydrogens is 316 g/mol. The molecule has 0 aliphatic carbocycles. The number of hydrogen-bond donors (Lipinski definition) is 0. The number of anilines is 1. The highest BCUT2D eigenvalue weighted by Crippen LogP contribution is 2.26. The Balaban J connectivity index is 1.71. The minimum atomic E-state index is -0.464. The Labute approximate surface area is 147 Å². The van der Waals surface area contributed by atoms with Gasteiger partial charge in [0.05, 0.1) is 16.2 Å². The van der Waals surface area contributed by atoms with E-state index in [-0.39, 0.29) is 5.69 Å². The zero-order valence-corrected chi connectivity index (χ0v) is 14.0. The first-order valence-corrected chi connectivity index (χ1v) is 8.37. The van der Waals surface area contributed by atoms with E-state index < -0.39 is 4.92 Å². The van der Waals surface area contributed by atoms with Crippen LogP contribution in [0.3, 0.4) is 0 Å². The number of rotatable bonds is 4. The molecule has 25 heavy (non-hydrogen) atoms. The van der Waals surface area contributed by atoms with Gasteiger partial charge in [0.2, 0.25) is 0 Å². The Morgan fingerprint density at radius 2 is 1.88 bits per heavy atom. The van der Waals surface area contributed by atoms with Crippen LogP contribution in [0.1, 0.15) is 17.5 Å². The molecule has 1 aliphatic heterocycles. The number of nitrogens with zero attached hydrogens (tertiary/aromatic N) is 4. The van der Waals surface area contributed by atoms with Crippen LogP contribution in [0.2, 0.25) is 0 Å². The zero-order chi connectivity index (χ0) is 17.6. The molecular formula is C19H20N4O2. The van der Waals surface area contributed by atoms with Crippen molar-refractivity contribution in [2.45, 2.75) is 13.0 Å². The molecule has 0 amide bonds. The molecule has 128 valence electrons. The van der Waals surface area contributed by atoms with Gasteiger partial charge < -0.3 is 4.90 Å². The molecule has 1 fully saturated rings.